The molecule has 3 nitrogen and oxygen atoms in total. The van der Waals surface area contributed by atoms with Crippen molar-refractivity contribution in [2.75, 3.05) is 6.61 Å². The molecule has 26 heavy (non-hydrogen) atoms. The van der Waals surface area contributed by atoms with Crippen molar-refractivity contribution >= 4 is 5.91 Å². The summed E-state index contributed by atoms with van der Waals surface area (Å²) in [6, 6.07) is 18.7. The molecule has 2 aromatic rings. The molecule has 2 aliphatic rings. The summed E-state index contributed by atoms with van der Waals surface area (Å²) in [6.45, 7) is 2.24. The van der Waals surface area contributed by atoms with Crippen LogP contribution in [0.25, 0.3) is 0 Å². The second kappa shape index (κ2) is 6.88. The lowest BCUT2D eigenvalue weighted by Gasteiger charge is -2.36. The van der Waals surface area contributed by atoms with E-state index in [1.54, 1.807) is 0 Å². The summed E-state index contributed by atoms with van der Waals surface area (Å²) in [4.78, 5) is 15.5. The molecule has 2 fully saturated rings. The van der Waals surface area contributed by atoms with E-state index in [4.69, 9.17) is 0 Å². The van der Waals surface area contributed by atoms with Gasteiger partial charge in [-0.3, -0.25) is 4.79 Å². The maximum atomic E-state index is 13.4. The lowest BCUT2D eigenvalue weighted by atomic mass is 9.70. The summed E-state index contributed by atoms with van der Waals surface area (Å²) in [6.07, 6.45) is 4.66. The quantitative estimate of drug-likeness (QED) is 0.891. The first kappa shape index (κ1) is 17.3. The zero-order valence-corrected chi connectivity index (χ0v) is 15.4. The fourth-order valence-corrected chi connectivity index (χ4v) is 5.19. The van der Waals surface area contributed by atoms with Gasteiger partial charge in [0.2, 0.25) is 0 Å². The Morgan fingerprint density at radius 1 is 1.12 bits per heavy atom. The first-order valence-electron chi connectivity index (χ1n) is 9.74. The van der Waals surface area contributed by atoms with E-state index in [9.17, 15) is 9.90 Å². The van der Waals surface area contributed by atoms with Crippen molar-refractivity contribution in [2.45, 2.75) is 51.1 Å². The third kappa shape index (κ3) is 2.75. The highest BCUT2D eigenvalue weighted by atomic mass is 16.3. The molecule has 2 bridgehead atoms. The van der Waals surface area contributed by atoms with E-state index in [1.165, 1.54) is 5.56 Å². The number of carbonyl (C=O) groups is 1. The summed E-state index contributed by atoms with van der Waals surface area (Å²) in [7, 11) is 0. The first-order valence-corrected chi connectivity index (χ1v) is 9.74. The molecule has 4 rings (SSSR count). The van der Waals surface area contributed by atoms with Crippen LogP contribution < -0.4 is 0 Å². The summed E-state index contributed by atoms with van der Waals surface area (Å²) >= 11 is 0. The van der Waals surface area contributed by atoms with Crippen molar-refractivity contribution in [2.24, 2.45) is 5.41 Å². The fraction of sp³-hybridized carbons (Fsp3) is 0.435. The number of hydrogen-bond acceptors (Lipinski definition) is 2. The highest BCUT2D eigenvalue weighted by molar-refractivity contribution is 5.96. The largest absolute Gasteiger partial charge is 0.396 e. The van der Waals surface area contributed by atoms with Gasteiger partial charge in [0.15, 0.2) is 0 Å². The summed E-state index contributed by atoms with van der Waals surface area (Å²) in [5, 5.41) is 10.3. The molecule has 136 valence electrons. The number of aliphatic hydroxyl groups excluding tert-OH is 1. The summed E-state index contributed by atoms with van der Waals surface area (Å²) < 4.78 is 0. The maximum Gasteiger partial charge on any atom is 0.254 e. The number of hydrogen-bond donors (Lipinski definition) is 1. The number of aliphatic hydroxyl groups is 1. The Morgan fingerprint density at radius 3 is 2.58 bits per heavy atom. The Kier molecular flexibility index (Phi) is 4.58. The van der Waals surface area contributed by atoms with Crippen LogP contribution >= 0.6 is 0 Å². The zero-order valence-electron chi connectivity index (χ0n) is 15.4. The van der Waals surface area contributed by atoms with Gasteiger partial charge in [-0.15, -0.1) is 0 Å². The van der Waals surface area contributed by atoms with Crippen molar-refractivity contribution in [1.29, 1.82) is 0 Å². The number of fused-ring (bicyclic) bond motifs is 2. The lowest BCUT2D eigenvalue weighted by Crippen LogP contribution is -2.44. The fourth-order valence-electron chi connectivity index (χ4n) is 5.19. The van der Waals surface area contributed by atoms with Gasteiger partial charge < -0.3 is 10.0 Å². The van der Waals surface area contributed by atoms with Gasteiger partial charge in [-0.05, 0) is 49.3 Å². The van der Waals surface area contributed by atoms with Crippen LogP contribution in [0.15, 0.2) is 54.6 Å². The van der Waals surface area contributed by atoms with E-state index in [-0.39, 0.29) is 30.0 Å². The van der Waals surface area contributed by atoms with Gasteiger partial charge in [-0.1, -0.05) is 55.5 Å². The minimum absolute atomic E-state index is 0.134. The van der Waals surface area contributed by atoms with Gasteiger partial charge in [-0.25, -0.2) is 0 Å². The molecule has 0 spiro atoms. The van der Waals surface area contributed by atoms with Crippen LogP contribution in [0.1, 0.15) is 47.7 Å². The summed E-state index contributed by atoms with van der Waals surface area (Å²) in [5.41, 5.74) is 2.98. The van der Waals surface area contributed by atoms with Gasteiger partial charge in [0.05, 0.1) is 6.61 Å². The Balaban J connectivity index is 1.64. The molecular formula is C23H27NO2. The van der Waals surface area contributed by atoms with E-state index < -0.39 is 0 Å². The summed E-state index contributed by atoms with van der Waals surface area (Å²) in [5.74, 6) is 0.151. The van der Waals surface area contributed by atoms with Crippen molar-refractivity contribution in [3.8, 4) is 0 Å². The molecule has 0 aromatic heterocycles. The molecule has 3 heteroatoms. The first-order chi connectivity index (χ1) is 12.7. The van der Waals surface area contributed by atoms with Crippen LogP contribution in [-0.4, -0.2) is 34.6 Å². The van der Waals surface area contributed by atoms with E-state index in [2.05, 4.69) is 30.0 Å². The predicted molar refractivity (Wildman–Crippen MR) is 103 cm³/mol. The molecule has 1 N–H and O–H groups in total. The number of nitrogens with zero attached hydrogens (tertiary/aromatic N) is 1. The van der Waals surface area contributed by atoms with Crippen molar-refractivity contribution in [3.63, 3.8) is 0 Å². The number of rotatable bonds is 5. The molecule has 2 saturated heterocycles. The Hall–Kier alpha value is -2.13. The standard InChI is InChI=1S/C23H27NO2/c1-2-18-10-6-7-11-20(18)22(26)24-19-12-13-21(24)23(15-19,16-25)14-17-8-4-3-5-9-17/h3-11,19,21,25H,2,12-16H2,1H3/t19-,21+,23-/m0/s1. The van der Waals surface area contributed by atoms with Crippen LogP contribution in [0.4, 0.5) is 0 Å². The number of benzene rings is 2. The SMILES string of the molecule is CCc1ccccc1C(=O)N1[C@H]2CC[C@@H]1[C@@](CO)(Cc1ccccc1)C2. The highest BCUT2D eigenvalue weighted by Crippen LogP contribution is 2.51. The van der Waals surface area contributed by atoms with Crippen LogP contribution in [0, 0.1) is 5.41 Å². The van der Waals surface area contributed by atoms with Crippen LogP contribution in [-0.2, 0) is 12.8 Å². The number of carbonyl (C=O) groups excluding carboxylic acids is 1. The van der Waals surface area contributed by atoms with Crippen LogP contribution in [0.3, 0.4) is 0 Å². The second-order valence-corrected chi connectivity index (χ2v) is 7.86. The molecule has 2 aliphatic heterocycles. The highest BCUT2D eigenvalue weighted by Gasteiger charge is 2.57. The molecule has 2 heterocycles. The molecule has 0 unspecified atom stereocenters. The average Bonchev–Trinajstić information content (AvgIpc) is 3.24. The van der Waals surface area contributed by atoms with E-state index in [1.807, 2.05) is 36.4 Å². The molecule has 1 amide bonds. The smallest absolute Gasteiger partial charge is 0.254 e. The topological polar surface area (TPSA) is 40.5 Å². The van der Waals surface area contributed by atoms with Crippen LogP contribution in [0.2, 0.25) is 0 Å². The zero-order chi connectivity index (χ0) is 18.1. The Bertz CT molecular complexity index is 788. The normalized spacial score (nSPS) is 27.1. The third-order valence-corrected chi connectivity index (χ3v) is 6.43. The molecule has 2 aromatic carbocycles. The van der Waals surface area contributed by atoms with Gasteiger partial charge >= 0.3 is 0 Å². The Labute approximate surface area is 155 Å². The van der Waals surface area contributed by atoms with Gasteiger partial charge in [-0.2, -0.15) is 0 Å². The van der Waals surface area contributed by atoms with E-state index in [0.717, 1.165) is 43.2 Å². The molecule has 0 radical (unpaired) electrons. The second-order valence-electron chi connectivity index (χ2n) is 7.86. The maximum absolute atomic E-state index is 13.4. The minimum atomic E-state index is -0.207. The molecule has 0 aliphatic carbocycles. The van der Waals surface area contributed by atoms with Crippen molar-refractivity contribution in [3.05, 3.63) is 71.3 Å². The predicted octanol–water partition coefficient (Wildman–Crippen LogP) is 3.85. The number of aryl methyl sites for hydroxylation is 1. The van der Waals surface area contributed by atoms with Gasteiger partial charge in [0.1, 0.15) is 0 Å². The van der Waals surface area contributed by atoms with E-state index >= 15 is 0 Å². The minimum Gasteiger partial charge on any atom is -0.396 e. The van der Waals surface area contributed by atoms with Gasteiger partial charge in [0.25, 0.3) is 5.91 Å². The van der Waals surface area contributed by atoms with Crippen molar-refractivity contribution in [1.82, 2.24) is 4.90 Å². The number of amides is 1. The third-order valence-electron chi connectivity index (χ3n) is 6.43. The Morgan fingerprint density at radius 2 is 1.85 bits per heavy atom. The van der Waals surface area contributed by atoms with E-state index in [0.29, 0.717) is 0 Å². The van der Waals surface area contributed by atoms with Crippen molar-refractivity contribution < 1.29 is 9.90 Å². The average molecular weight is 349 g/mol. The lowest BCUT2D eigenvalue weighted by molar-refractivity contribution is 0.0570. The van der Waals surface area contributed by atoms with Gasteiger partial charge in [0, 0.05) is 23.1 Å². The molecular weight excluding hydrogens is 322 g/mol. The molecule has 0 saturated carbocycles. The van der Waals surface area contributed by atoms with Crippen LogP contribution in [0.5, 0.6) is 0 Å². The molecule has 3 atom stereocenters. The monoisotopic (exact) mass is 349 g/mol.